The molecule has 2 saturated carbocycles. The minimum atomic E-state index is 0.302. The smallest absolute Gasteiger partial charge is 0.0889 e. The molecule has 2 aliphatic carbocycles. The van der Waals surface area contributed by atoms with Crippen molar-refractivity contribution in [2.24, 2.45) is 11.7 Å². The second-order valence-electron chi connectivity index (χ2n) is 5.09. The summed E-state index contributed by atoms with van der Waals surface area (Å²) in [6.45, 7) is 1.82. The minimum Gasteiger partial charge on any atom is -0.330 e. The summed E-state index contributed by atoms with van der Waals surface area (Å²) in [5, 5.41) is 8.52. The van der Waals surface area contributed by atoms with Gasteiger partial charge in [0.05, 0.1) is 5.69 Å². The SMILES string of the molecule is NCCC1(c2cn(CC3CC3)nn2)CC1. The first kappa shape index (κ1) is 9.33. The molecule has 0 unspecified atom stereocenters. The van der Waals surface area contributed by atoms with Gasteiger partial charge in [-0.2, -0.15) is 0 Å². The summed E-state index contributed by atoms with van der Waals surface area (Å²) >= 11 is 0. The Labute approximate surface area is 89.8 Å². The molecule has 1 heterocycles. The van der Waals surface area contributed by atoms with E-state index in [-0.39, 0.29) is 0 Å². The highest BCUT2D eigenvalue weighted by Gasteiger charge is 2.45. The summed E-state index contributed by atoms with van der Waals surface area (Å²) < 4.78 is 2.02. The summed E-state index contributed by atoms with van der Waals surface area (Å²) in [5.41, 5.74) is 7.11. The summed E-state index contributed by atoms with van der Waals surface area (Å²) in [4.78, 5) is 0. The predicted octanol–water partition coefficient (Wildman–Crippen LogP) is 1.07. The van der Waals surface area contributed by atoms with Crippen molar-refractivity contribution in [1.29, 1.82) is 0 Å². The van der Waals surface area contributed by atoms with E-state index in [0.717, 1.165) is 25.4 Å². The Hall–Kier alpha value is -0.900. The monoisotopic (exact) mass is 206 g/mol. The highest BCUT2D eigenvalue weighted by atomic mass is 15.4. The van der Waals surface area contributed by atoms with Crippen LogP contribution in [-0.4, -0.2) is 21.5 Å². The van der Waals surface area contributed by atoms with Crippen LogP contribution in [0.3, 0.4) is 0 Å². The van der Waals surface area contributed by atoms with E-state index in [4.69, 9.17) is 5.73 Å². The normalized spacial score (nSPS) is 23.0. The van der Waals surface area contributed by atoms with Crippen LogP contribution in [0.25, 0.3) is 0 Å². The van der Waals surface area contributed by atoms with Crippen molar-refractivity contribution in [3.63, 3.8) is 0 Å². The van der Waals surface area contributed by atoms with E-state index < -0.39 is 0 Å². The highest BCUT2D eigenvalue weighted by Crippen LogP contribution is 2.49. The van der Waals surface area contributed by atoms with E-state index in [1.165, 1.54) is 31.4 Å². The molecule has 2 fully saturated rings. The lowest BCUT2D eigenvalue weighted by Crippen LogP contribution is -2.13. The molecule has 82 valence electrons. The molecule has 2 aliphatic rings. The van der Waals surface area contributed by atoms with Crippen LogP contribution in [0.1, 0.15) is 37.8 Å². The maximum Gasteiger partial charge on any atom is 0.0889 e. The predicted molar refractivity (Wildman–Crippen MR) is 57.3 cm³/mol. The van der Waals surface area contributed by atoms with Gasteiger partial charge >= 0.3 is 0 Å². The molecule has 0 aliphatic heterocycles. The fourth-order valence-electron chi connectivity index (χ4n) is 2.26. The summed E-state index contributed by atoms with van der Waals surface area (Å²) in [6.07, 6.45) is 8.42. The van der Waals surface area contributed by atoms with Gasteiger partial charge in [0.2, 0.25) is 0 Å². The van der Waals surface area contributed by atoms with Gasteiger partial charge in [0.15, 0.2) is 0 Å². The van der Waals surface area contributed by atoms with Gasteiger partial charge in [-0.05, 0) is 44.6 Å². The first-order valence-electron chi connectivity index (χ1n) is 5.93. The molecule has 3 rings (SSSR count). The van der Waals surface area contributed by atoms with Gasteiger partial charge in [0, 0.05) is 18.2 Å². The molecule has 1 aromatic rings. The molecule has 0 aromatic carbocycles. The Morgan fingerprint density at radius 3 is 2.87 bits per heavy atom. The van der Waals surface area contributed by atoms with Crippen LogP contribution in [0.4, 0.5) is 0 Å². The van der Waals surface area contributed by atoms with Gasteiger partial charge in [-0.3, -0.25) is 4.68 Å². The van der Waals surface area contributed by atoms with Crippen LogP contribution in [0.2, 0.25) is 0 Å². The Bertz CT molecular complexity index is 349. The molecule has 2 N–H and O–H groups in total. The topological polar surface area (TPSA) is 56.7 Å². The third-order valence-corrected chi connectivity index (χ3v) is 3.70. The van der Waals surface area contributed by atoms with E-state index in [0.29, 0.717) is 5.41 Å². The van der Waals surface area contributed by atoms with Gasteiger partial charge in [-0.25, -0.2) is 0 Å². The van der Waals surface area contributed by atoms with Crippen molar-refractivity contribution < 1.29 is 0 Å². The van der Waals surface area contributed by atoms with Crippen molar-refractivity contribution in [3.05, 3.63) is 11.9 Å². The highest BCUT2D eigenvalue weighted by molar-refractivity contribution is 5.21. The number of rotatable bonds is 5. The molecule has 15 heavy (non-hydrogen) atoms. The number of hydrogen-bond donors (Lipinski definition) is 1. The molecule has 4 heteroatoms. The third-order valence-electron chi connectivity index (χ3n) is 3.70. The van der Waals surface area contributed by atoms with Gasteiger partial charge in [0.1, 0.15) is 0 Å². The standard InChI is InChI=1S/C11H18N4/c12-6-5-11(3-4-11)10-8-15(14-13-10)7-9-1-2-9/h8-9H,1-7,12H2. The van der Waals surface area contributed by atoms with Gasteiger partial charge in [0.25, 0.3) is 0 Å². The van der Waals surface area contributed by atoms with Crippen molar-refractivity contribution in [2.75, 3.05) is 6.54 Å². The lowest BCUT2D eigenvalue weighted by Gasteiger charge is -2.08. The van der Waals surface area contributed by atoms with Crippen LogP contribution in [0.15, 0.2) is 6.20 Å². The quantitative estimate of drug-likeness (QED) is 0.784. The maximum absolute atomic E-state index is 5.63. The van der Waals surface area contributed by atoms with Crippen LogP contribution in [0.5, 0.6) is 0 Å². The van der Waals surface area contributed by atoms with Gasteiger partial charge in [-0.1, -0.05) is 5.21 Å². The largest absolute Gasteiger partial charge is 0.330 e. The number of nitrogens with two attached hydrogens (primary N) is 1. The van der Waals surface area contributed by atoms with Crippen LogP contribution < -0.4 is 5.73 Å². The minimum absolute atomic E-state index is 0.302. The summed E-state index contributed by atoms with van der Waals surface area (Å²) in [5.74, 6) is 0.865. The first-order valence-corrected chi connectivity index (χ1v) is 5.93. The number of nitrogens with zero attached hydrogens (tertiary/aromatic N) is 3. The molecule has 0 atom stereocenters. The second-order valence-corrected chi connectivity index (χ2v) is 5.09. The number of hydrogen-bond acceptors (Lipinski definition) is 3. The molecule has 0 radical (unpaired) electrons. The van der Waals surface area contributed by atoms with Crippen LogP contribution in [0, 0.1) is 5.92 Å². The van der Waals surface area contributed by atoms with Crippen molar-refractivity contribution in [3.8, 4) is 0 Å². The third kappa shape index (κ3) is 1.78. The zero-order valence-corrected chi connectivity index (χ0v) is 9.02. The average molecular weight is 206 g/mol. The van der Waals surface area contributed by atoms with E-state index in [1.54, 1.807) is 0 Å². The molecular weight excluding hydrogens is 188 g/mol. The molecule has 4 nitrogen and oxygen atoms in total. The van der Waals surface area contributed by atoms with Crippen LogP contribution in [-0.2, 0) is 12.0 Å². The molecule has 0 amide bonds. The van der Waals surface area contributed by atoms with Crippen LogP contribution >= 0.6 is 0 Å². The molecular formula is C11H18N4. The Morgan fingerprint density at radius 2 is 2.27 bits per heavy atom. The van der Waals surface area contributed by atoms with E-state index in [2.05, 4.69) is 16.5 Å². The number of aromatic nitrogens is 3. The zero-order chi connectivity index (χ0) is 10.3. The maximum atomic E-state index is 5.63. The summed E-state index contributed by atoms with van der Waals surface area (Å²) in [7, 11) is 0. The lowest BCUT2D eigenvalue weighted by atomic mass is 9.99. The average Bonchev–Trinajstić information content (AvgIpc) is 3.11. The molecule has 0 bridgehead atoms. The van der Waals surface area contributed by atoms with Gasteiger partial charge < -0.3 is 5.73 Å². The van der Waals surface area contributed by atoms with E-state index in [1.807, 2.05) is 4.68 Å². The van der Waals surface area contributed by atoms with Crippen molar-refractivity contribution >= 4 is 0 Å². The zero-order valence-electron chi connectivity index (χ0n) is 9.02. The fraction of sp³-hybridized carbons (Fsp3) is 0.818. The molecule has 0 saturated heterocycles. The van der Waals surface area contributed by atoms with E-state index in [9.17, 15) is 0 Å². The van der Waals surface area contributed by atoms with Crippen molar-refractivity contribution in [1.82, 2.24) is 15.0 Å². The fourth-order valence-corrected chi connectivity index (χ4v) is 2.26. The second kappa shape index (κ2) is 3.30. The van der Waals surface area contributed by atoms with Crippen molar-refractivity contribution in [2.45, 2.75) is 44.1 Å². The summed E-state index contributed by atoms with van der Waals surface area (Å²) in [6, 6.07) is 0. The van der Waals surface area contributed by atoms with E-state index >= 15 is 0 Å². The Morgan fingerprint density at radius 1 is 1.47 bits per heavy atom. The first-order chi connectivity index (χ1) is 7.32. The van der Waals surface area contributed by atoms with Gasteiger partial charge in [-0.15, -0.1) is 5.10 Å². The Balaban J connectivity index is 1.71. The Kier molecular flexibility index (Phi) is 2.06. The molecule has 0 spiro atoms. The lowest BCUT2D eigenvalue weighted by molar-refractivity contribution is 0.544. The molecule has 1 aromatic heterocycles.